The standard InChI is InChI=1S/C26H32N2O2/c1-19-16-23(19)24(29)28-15-7-14-26(18-28,25(30)27(2)3)17-20-10-12-22(13-11-20)21-8-5-4-6-9-21/h4-6,8-13,19,23H,7,14-18H2,1-3H3/t19-,23-,26+/m1/s1. The summed E-state index contributed by atoms with van der Waals surface area (Å²) < 4.78 is 0. The highest BCUT2D eigenvalue weighted by molar-refractivity contribution is 5.86. The summed E-state index contributed by atoms with van der Waals surface area (Å²) in [6.07, 6.45) is 3.37. The van der Waals surface area contributed by atoms with Crippen LogP contribution in [-0.2, 0) is 16.0 Å². The molecule has 3 atom stereocenters. The second-order valence-electron chi connectivity index (χ2n) is 9.40. The van der Waals surface area contributed by atoms with Crippen LogP contribution in [0.4, 0.5) is 0 Å². The molecule has 158 valence electrons. The van der Waals surface area contributed by atoms with Crippen molar-refractivity contribution in [1.82, 2.24) is 9.80 Å². The molecule has 1 aliphatic carbocycles. The Morgan fingerprint density at radius 1 is 1.03 bits per heavy atom. The molecule has 4 rings (SSSR count). The van der Waals surface area contributed by atoms with Crippen LogP contribution in [-0.4, -0.2) is 48.8 Å². The van der Waals surface area contributed by atoms with Gasteiger partial charge in [0.2, 0.25) is 11.8 Å². The first-order chi connectivity index (χ1) is 14.4. The Morgan fingerprint density at radius 2 is 1.67 bits per heavy atom. The molecule has 0 bridgehead atoms. The molecular formula is C26H32N2O2. The lowest BCUT2D eigenvalue weighted by atomic mass is 9.73. The summed E-state index contributed by atoms with van der Waals surface area (Å²) in [5.74, 6) is 1.04. The summed E-state index contributed by atoms with van der Waals surface area (Å²) >= 11 is 0. The molecule has 2 aliphatic rings. The molecule has 1 aliphatic heterocycles. The first-order valence-electron chi connectivity index (χ1n) is 11.0. The lowest BCUT2D eigenvalue weighted by Gasteiger charge is -2.43. The zero-order valence-corrected chi connectivity index (χ0v) is 18.3. The molecule has 4 heteroatoms. The number of rotatable bonds is 5. The SMILES string of the molecule is C[C@@H]1C[C@H]1C(=O)N1CCC[C@@](Cc2ccc(-c3ccccc3)cc2)(C(=O)N(C)C)C1. The van der Waals surface area contributed by atoms with E-state index in [2.05, 4.69) is 43.3 Å². The van der Waals surface area contributed by atoms with Crippen LogP contribution in [0.2, 0.25) is 0 Å². The first-order valence-corrected chi connectivity index (χ1v) is 11.0. The van der Waals surface area contributed by atoms with Gasteiger partial charge in [-0.25, -0.2) is 0 Å². The Morgan fingerprint density at radius 3 is 2.27 bits per heavy atom. The van der Waals surface area contributed by atoms with Crippen molar-refractivity contribution < 1.29 is 9.59 Å². The van der Waals surface area contributed by atoms with E-state index in [1.165, 1.54) is 11.1 Å². The molecule has 0 radical (unpaired) electrons. The second-order valence-corrected chi connectivity index (χ2v) is 9.40. The smallest absolute Gasteiger partial charge is 0.230 e. The maximum Gasteiger partial charge on any atom is 0.230 e. The molecule has 1 saturated carbocycles. The van der Waals surface area contributed by atoms with Crippen LogP contribution in [0, 0.1) is 17.3 Å². The molecule has 1 saturated heterocycles. The van der Waals surface area contributed by atoms with Gasteiger partial charge in [0.1, 0.15) is 0 Å². The minimum Gasteiger partial charge on any atom is -0.348 e. The van der Waals surface area contributed by atoms with Crippen LogP contribution in [0.15, 0.2) is 54.6 Å². The summed E-state index contributed by atoms with van der Waals surface area (Å²) in [5.41, 5.74) is 2.98. The van der Waals surface area contributed by atoms with Gasteiger partial charge in [-0.2, -0.15) is 0 Å². The van der Waals surface area contributed by atoms with Crippen LogP contribution in [0.5, 0.6) is 0 Å². The molecule has 2 aromatic carbocycles. The number of amides is 2. The quantitative estimate of drug-likeness (QED) is 0.748. The van der Waals surface area contributed by atoms with E-state index in [0.29, 0.717) is 18.9 Å². The largest absolute Gasteiger partial charge is 0.348 e. The molecule has 30 heavy (non-hydrogen) atoms. The van der Waals surface area contributed by atoms with E-state index in [-0.39, 0.29) is 17.7 Å². The maximum atomic E-state index is 13.3. The Labute approximate surface area is 179 Å². The van der Waals surface area contributed by atoms with Gasteiger partial charge in [-0.05, 0) is 48.3 Å². The highest BCUT2D eigenvalue weighted by Gasteiger charge is 2.48. The summed E-state index contributed by atoms with van der Waals surface area (Å²) in [4.78, 5) is 29.9. The van der Waals surface area contributed by atoms with E-state index in [4.69, 9.17) is 0 Å². The van der Waals surface area contributed by atoms with Crippen LogP contribution in [0.3, 0.4) is 0 Å². The molecule has 1 heterocycles. The molecule has 2 aromatic rings. The maximum absolute atomic E-state index is 13.3. The van der Waals surface area contributed by atoms with E-state index in [0.717, 1.165) is 31.4 Å². The average molecular weight is 405 g/mol. The van der Waals surface area contributed by atoms with Crippen molar-refractivity contribution in [1.29, 1.82) is 0 Å². The fourth-order valence-corrected chi connectivity index (χ4v) is 4.93. The lowest BCUT2D eigenvalue weighted by Crippen LogP contribution is -2.54. The summed E-state index contributed by atoms with van der Waals surface area (Å²) in [6, 6.07) is 18.9. The topological polar surface area (TPSA) is 40.6 Å². The number of hydrogen-bond acceptors (Lipinski definition) is 2. The van der Waals surface area contributed by atoms with E-state index < -0.39 is 5.41 Å². The molecule has 2 amide bonds. The third-order valence-electron chi connectivity index (χ3n) is 6.78. The lowest BCUT2D eigenvalue weighted by molar-refractivity contribution is -0.147. The number of benzene rings is 2. The Bertz CT molecular complexity index is 906. The van der Waals surface area contributed by atoms with E-state index >= 15 is 0 Å². The van der Waals surface area contributed by atoms with Gasteiger partial charge in [-0.15, -0.1) is 0 Å². The van der Waals surface area contributed by atoms with Crippen molar-refractivity contribution in [2.45, 2.75) is 32.6 Å². The highest BCUT2D eigenvalue weighted by Crippen LogP contribution is 2.42. The van der Waals surface area contributed by atoms with Crippen molar-refractivity contribution in [3.05, 3.63) is 60.2 Å². The van der Waals surface area contributed by atoms with Gasteiger partial charge >= 0.3 is 0 Å². The van der Waals surface area contributed by atoms with Gasteiger partial charge in [0.25, 0.3) is 0 Å². The van der Waals surface area contributed by atoms with Gasteiger partial charge in [0.15, 0.2) is 0 Å². The molecule has 0 aromatic heterocycles. The molecule has 4 nitrogen and oxygen atoms in total. The van der Waals surface area contributed by atoms with E-state index in [9.17, 15) is 9.59 Å². The van der Waals surface area contributed by atoms with Gasteiger partial charge in [0.05, 0.1) is 5.41 Å². The van der Waals surface area contributed by atoms with Gasteiger partial charge in [-0.3, -0.25) is 9.59 Å². The van der Waals surface area contributed by atoms with E-state index in [1.54, 1.807) is 4.90 Å². The summed E-state index contributed by atoms with van der Waals surface area (Å²) in [5, 5.41) is 0. The number of likely N-dealkylation sites (tertiary alicyclic amines) is 1. The number of nitrogens with zero attached hydrogens (tertiary/aromatic N) is 2. The summed E-state index contributed by atoms with van der Waals surface area (Å²) in [6.45, 7) is 3.45. The van der Waals surface area contributed by atoms with Crippen LogP contribution >= 0.6 is 0 Å². The summed E-state index contributed by atoms with van der Waals surface area (Å²) in [7, 11) is 3.65. The molecular weight excluding hydrogens is 372 g/mol. The first kappa shape index (κ1) is 20.6. The van der Waals surface area contributed by atoms with Crippen molar-refractivity contribution in [3.8, 4) is 11.1 Å². The van der Waals surface area contributed by atoms with Crippen molar-refractivity contribution >= 4 is 11.8 Å². The zero-order valence-electron chi connectivity index (χ0n) is 18.3. The minimum absolute atomic E-state index is 0.135. The van der Waals surface area contributed by atoms with Crippen molar-refractivity contribution in [3.63, 3.8) is 0 Å². The molecule has 2 fully saturated rings. The van der Waals surface area contributed by atoms with Gasteiger partial charge in [-0.1, -0.05) is 61.5 Å². The fourth-order valence-electron chi connectivity index (χ4n) is 4.93. The Hall–Kier alpha value is -2.62. The number of carbonyl (C=O) groups excluding carboxylic acids is 2. The van der Waals surface area contributed by atoms with Crippen molar-refractivity contribution in [2.24, 2.45) is 17.3 Å². The van der Waals surface area contributed by atoms with Crippen LogP contribution < -0.4 is 0 Å². The highest BCUT2D eigenvalue weighted by atomic mass is 16.2. The number of carbonyl (C=O) groups is 2. The third kappa shape index (κ3) is 4.14. The zero-order chi connectivity index (χ0) is 21.3. The number of hydrogen-bond donors (Lipinski definition) is 0. The Balaban J connectivity index is 1.56. The average Bonchev–Trinajstić information content (AvgIpc) is 3.50. The van der Waals surface area contributed by atoms with Crippen molar-refractivity contribution in [2.75, 3.05) is 27.2 Å². The fraction of sp³-hybridized carbons (Fsp3) is 0.462. The van der Waals surface area contributed by atoms with Gasteiger partial charge < -0.3 is 9.80 Å². The molecule has 0 unspecified atom stereocenters. The predicted octanol–water partition coefficient (Wildman–Crippen LogP) is 4.25. The Kier molecular flexibility index (Phi) is 5.68. The second kappa shape index (κ2) is 8.25. The van der Waals surface area contributed by atoms with Gasteiger partial charge in [0, 0.05) is 33.1 Å². The number of piperidine rings is 1. The normalized spacial score (nSPS) is 25.6. The third-order valence-corrected chi connectivity index (χ3v) is 6.78. The van der Waals surface area contributed by atoms with Crippen LogP contribution in [0.1, 0.15) is 31.7 Å². The molecule has 0 N–H and O–H groups in total. The predicted molar refractivity (Wildman–Crippen MR) is 120 cm³/mol. The monoisotopic (exact) mass is 404 g/mol. The van der Waals surface area contributed by atoms with Crippen LogP contribution in [0.25, 0.3) is 11.1 Å². The molecule has 0 spiro atoms. The minimum atomic E-state index is -0.538. The van der Waals surface area contributed by atoms with E-state index in [1.807, 2.05) is 37.2 Å².